The summed E-state index contributed by atoms with van der Waals surface area (Å²) in [4.78, 5) is 44.8. The standard InChI is InChI=1S/C32H38ClFN6O3/c1-20(2)26-28(21(3)12-13-36-26)40(19-41)30-23(18-24(33)27(37-30)22-10-8-9-11-25(22)34)29(35-7)38-14-16-39(17-15-38)31(42)43-32(4,5)6/h8-13,18-20H,14-17H2,1-7H3/b35-29+. The molecule has 3 aromatic rings. The van der Waals surface area contributed by atoms with Crippen LogP contribution < -0.4 is 4.90 Å². The van der Waals surface area contributed by atoms with E-state index in [-0.39, 0.29) is 34.1 Å². The average molecular weight is 609 g/mol. The van der Waals surface area contributed by atoms with Gasteiger partial charge in [0.25, 0.3) is 0 Å². The highest BCUT2D eigenvalue weighted by atomic mass is 35.5. The Kier molecular flexibility index (Phi) is 9.69. The van der Waals surface area contributed by atoms with E-state index in [4.69, 9.17) is 21.3 Å². The van der Waals surface area contributed by atoms with E-state index in [1.165, 1.54) is 11.0 Å². The van der Waals surface area contributed by atoms with Crippen LogP contribution in [0.15, 0.2) is 47.6 Å². The number of nitrogens with zero attached hydrogens (tertiary/aromatic N) is 6. The zero-order valence-electron chi connectivity index (χ0n) is 25.7. The van der Waals surface area contributed by atoms with Crippen LogP contribution >= 0.6 is 11.6 Å². The number of rotatable bonds is 6. The minimum Gasteiger partial charge on any atom is -0.444 e. The number of benzene rings is 1. The molecule has 0 N–H and O–H groups in total. The number of aryl methyl sites for hydroxylation is 1. The lowest BCUT2D eigenvalue weighted by Gasteiger charge is -2.37. The lowest BCUT2D eigenvalue weighted by molar-refractivity contribution is -0.106. The lowest BCUT2D eigenvalue weighted by Crippen LogP contribution is -2.52. The van der Waals surface area contributed by atoms with Crippen LogP contribution in [-0.2, 0) is 9.53 Å². The summed E-state index contributed by atoms with van der Waals surface area (Å²) < 4.78 is 20.5. The van der Waals surface area contributed by atoms with Gasteiger partial charge in [-0.2, -0.15) is 0 Å². The minimum absolute atomic E-state index is 0.000572. The van der Waals surface area contributed by atoms with Crippen LogP contribution in [-0.4, -0.2) is 76.9 Å². The monoisotopic (exact) mass is 608 g/mol. The van der Waals surface area contributed by atoms with Gasteiger partial charge in [-0.15, -0.1) is 0 Å². The normalized spacial score (nSPS) is 14.2. The Labute approximate surface area is 257 Å². The fourth-order valence-electron chi connectivity index (χ4n) is 5.04. The second kappa shape index (κ2) is 13.1. The second-order valence-corrected chi connectivity index (χ2v) is 12.1. The molecule has 1 aromatic carbocycles. The SMILES string of the molecule is C/N=C(\c1cc(Cl)c(-c2ccccc2F)nc1N(C=O)c1c(C)ccnc1C(C)C)N1CCN(C(=O)OC(C)(C)C)CC1. The number of pyridine rings is 2. The molecule has 0 saturated carbocycles. The summed E-state index contributed by atoms with van der Waals surface area (Å²) in [5.74, 6) is 0.286. The van der Waals surface area contributed by atoms with Gasteiger partial charge in [0.05, 0.1) is 27.7 Å². The van der Waals surface area contributed by atoms with Gasteiger partial charge in [0.15, 0.2) is 5.82 Å². The van der Waals surface area contributed by atoms with Gasteiger partial charge in [-0.25, -0.2) is 14.2 Å². The number of amides is 2. The highest BCUT2D eigenvalue weighted by Gasteiger charge is 2.31. The van der Waals surface area contributed by atoms with Gasteiger partial charge >= 0.3 is 6.09 Å². The van der Waals surface area contributed by atoms with Crippen LogP contribution in [0.2, 0.25) is 5.02 Å². The first-order valence-electron chi connectivity index (χ1n) is 14.2. The van der Waals surface area contributed by atoms with E-state index in [0.717, 1.165) is 5.56 Å². The summed E-state index contributed by atoms with van der Waals surface area (Å²) in [7, 11) is 1.65. The number of aromatic nitrogens is 2. The zero-order chi connectivity index (χ0) is 31.5. The Bertz CT molecular complexity index is 1530. The van der Waals surface area contributed by atoms with Crippen molar-refractivity contribution in [1.82, 2.24) is 19.8 Å². The number of ether oxygens (including phenoxy) is 1. The van der Waals surface area contributed by atoms with Gasteiger partial charge < -0.3 is 14.5 Å². The highest BCUT2D eigenvalue weighted by molar-refractivity contribution is 6.33. The maximum atomic E-state index is 15.0. The van der Waals surface area contributed by atoms with Gasteiger partial charge in [-0.1, -0.05) is 37.6 Å². The van der Waals surface area contributed by atoms with Gasteiger partial charge in [-0.05, 0) is 63.4 Å². The molecule has 3 heterocycles. The Morgan fingerprint density at radius 3 is 2.37 bits per heavy atom. The molecule has 9 nitrogen and oxygen atoms in total. The van der Waals surface area contributed by atoms with Crippen molar-refractivity contribution in [2.45, 2.75) is 53.1 Å². The predicted molar refractivity (Wildman–Crippen MR) is 168 cm³/mol. The summed E-state index contributed by atoms with van der Waals surface area (Å²) in [6.07, 6.45) is 2.03. The van der Waals surface area contributed by atoms with Crippen molar-refractivity contribution in [3.8, 4) is 11.3 Å². The third-order valence-corrected chi connectivity index (χ3v) is 7.33. The molecular formula is C32H38ClFN6O3. The molecule has 43 heavy (non-hydrogen) atoms. The first-order valence-corrected chi connectivity index (χ1v) is 14.6. The van der Waals surface area contributed by atoms with E-state index in [1.807, 2.05) is 52.5 Å². The van der Waals surface area contributed by atoms with Crippen molar-refractivity contribution in [3.05, 3.63) is 70.3 Å². The molecule has 2 amide bonds. The third-order valence-electron chi connectivity index (χ3n) is 7.04. The fraction of sp³-hybridized carbons (Fsp3) is 0.406. The van der Waals surface area contributed by atoms with Crippen molar-refractivity contribution in [2.24, 2.45) is 4.99 Å². The largest absolute Gasteiger partial charge is 0.444 e. The molecule has 0 spiro atoms. The number of carbonyl (C=O) groups is 2. The predicted octanol–water partition coefficient (Wildman–Crippen LogP) is 6.59. The van der Waals surface area contributed by atoms with E-state index < -0.39 is 11.4 Å². The van der Waals surface area contributed by atoms with Gasteiger partial charge in [0.2, 0.25) is 6.41 Å². The summed E-state index contributed by atoms with van der Waals surface area (Å²) in [6, 6.07) is 9.72. The Balaban J connectivity index is 1.84. The maximum absolute atomic E-state index is 15.0. The second-order valence-electron chi connectivity index (χ2n) is 11.7. The van der Waals surface area contributed by atoms with E-state index in [1.54, 1.807) is 42.4 Å². The number of aliphatic imine (C=N–C) groups is 1. The van der Waals surface area contributed by atoms with Gasteiger partial charge in [0.1, 0.15) is 17.3 Å². The first kappa shape index (κ1) is 31.9. The summed E-state index contributed by atoms with van der Waals surface area (Å²) in [5, 5.41) is 0.204. The van der Waals surface area contributed by atoms with Crippen LogP contribution in [0.4, 0.5) is 20.7 Å². The fourth-order valence-corrected chi connectivity index (χ4v) is 5.30. The Hall–Kier alpha value is -4.05. The molecule has 2 aromatic heterocycles. The number of anilines is 2. The van der Waals surface area contributed by atoms with Crippen molar-refractivity contribution in [1.29, 1.82) is 0 Å². The van der Waals surface area contributed by atoms with E-state index in [9.17, 15) is 14.0 Å². The number of hydrogen-bond donors (Lipinski definition) is 0. The van der Waals surface area contributed by atoms with Crippen LogP contribution in [0.5, 0.6) is 0 Å². The molecule has 4 rings (SSSR count). The molecule has 11 heteroatoms. The molecule has 0 aliphatic carbocycles. The number of piperazine rings is 1. The number of amidine groups is 1. The topological polar surface area (TPSA) is 91.2 Å². The van der Waals surface area contributed by atoms with Crippen LogP contribution in [0.3, 0.4) is 0 Å². The molecule has 228 valence electrons. The molecule has 0 bridgehead atoms. The van der Waals surface area contributed by atoms with Crippen molar-refractivity contribution in [2.75, 3.05) is 38.1 Å². The van der Waals surface area contributed by atoms with Gasteiger partial charge in [-0.3, -0.25) is 19.7 Å². The molecule has 1 aliphatic rings. The quantitative estimate of drug-likeness (QED) is 0.178. The Morgan fingerprint density at radius 1 is 1.14 bits per heavy atom. The van der Waals surface area contributed by atoms with E-state index >= 15 is 0 Å². The smallest absolute Gasteiger partial charge is 0.410 e. The maximum Gasteiger partial charge on any atom is 0.410 e. The average Bonchev–Trinajstić information content (AvgIpc) is 2.95. The lowest BCUT2D eigenvalue weighted by atomic mass is 10.0. The molecule has 0 radical (unpaired) electrons. The molecule has 0 unspecified atom stereocenters. The number of hydrogen-bond acceptors (Lipinski definition) is 6. The molecular weight excluding hydrogens is 571 g/mol. The number of carbonyl (C=O) groups excluding carboxylic acids is 2. The van der Waals surface area contributed by atoms with Crippen LogP contribution in [0.25, 0.3) is 11.3 Å². The van der Waals surface area contributed by atoms with Gasteiger partial charge in [0, 0.05) is 45.0 Å². The van der Waals surface area contributed by atoms with Crippen LogP contribution in [0, 0.1) is 12.7 Å². The van der Waals surface area contributed by atoms with E-state index in [0.29, 0.717) is 55.4 Å². The van der Waals surface area contributed by atoms with E-state index in [2.05, 4.69) is 9.98 Å². The summed E-state index contributed by atoms with van der Waals surface area (Å²) in [5.41, 5.74) is 2.42. The minimum atomic E-state index is -0.598. The molecule has 1 aliphatic heterocycles. The molecule has 1 fully saturated rings. The summed E-state index contributed by atoms with van der Waals surface area (Å²) >= 11 is 6.79. The molecule has 1 saturated heterocycles. The number of halogens is 2. The first-order chi connectivity index (χ1) is 20.4. The van der Waals surface area contributed by atoms with Crippen molar-refractivity contribution < 1.29 is 18.7 Å². The van der Waals surface area contributed by atoms with Crippen molar-refractivity contribution >= 4 is 41.4 Å². The Morgan fingerprint density at radius 2 is 1.79 bits per heavy atom. The highest BCUT2D eigenvalue weighted by Crippen LogP contribution is 2.38. The third kappa shape index (κ3) is 6.96. The van der Waals surface area contributed by atoms with Crippen molar-refractivity contribution in [3.63, 3.8) is 0 Å². The molecule has 0 atom stereocenters. The zero-order valence-corrected chi connectivity index (χ0v) is 26.4. The van der Waals surface area contributed by atoms with Crippen LogP contribution in [0.1, 0.15) is 57.4 Å². The summed E-state index contributed by atoms with van der Waals surface area (Å²) in [6.45, 7) is 13.1.